The minimum absolute atomic E-state index is 0.0174. The van der Waals surface area contributed by atoms with Gasteiger partial charge in [-0.2, -0.15) is 0 Å². The molecule has 0 saturated heterocycles. The van der Waals surface area contributed by atoms with Gasteiger partial charge in [0.2, 0.25) is 5.91 Å². The smallest absolute Gasteiger partial charge is 0.241 e. The van der Waals surface area contributed by atoms with Crippen molar-refractivity contribution in [1.82, 2.24) is 5.32 Å². The normalized spacial score (nSPS) is 15.7. The van der Waals surface area contributed by atoms with Gasteiger partial charge in [-0.25, -0.2) is 0 Å². The van der Waals surface area contributed by atoms with Crippen LogP contribution in [0.25, 0.3) is 0 Å². The van der Waals surface area contributed by atoms with Crippen molar-refractivity contribution in [2.45, 2.75) is 25.4 Å². The largest absolute Gasteiger partial charge is 0.352 e. The number of carbonyl (C=O) groups is 1. The third-order valence-electron chi connectivity index (χ3n) is 2.67. The third kappa shape index (κ3) is 4.98. The molecule has 1 rings (SSSR count). The molecule has 3 atom stereocenters. The maximum Gasteiger partial charge on any atom is 0.241 e. The second kappa shape index (κ2) is 7.28. The predicted octanol–water partition coefficient (Wildman–Crippen LogP) is 0.960. The van der Waals surface area contributed by atoms with Gasteiger partial charge >= 0.3 is 0 Å². The van der Waals surface area contributed by atoms with Gasteiger partial charge in [0.1, 0.15) is 6.04 Å². The van der Waals surface area contributed by atoms with Gasteiger partial charge in [-0.1, -0.05) is 30.3 Å². The van der Waals surface area contributed by atoms with E-state index in [1.807, 2.05) is 37.3 Å². The van der Waals surface area contributed by atoms with Crippen molar-refractivity contribution in [2.75, 3.05) is 12.0 Å². The lowest BCUT2D eigenvalue weighted by atomic mass is 10.1. The Balaban J connectivity index is 2.47. The highest BCUT2D eigenvalue weighted by atomic mass is 32.2. The number of hydrogen-bond donors (Lipinski definition) is 2. The summed E-state index contributed by atoms with van der Waals surface area (Å²) in [7, 11) is -0.830. The van der Waals surface area contributed by atoms with Crippen LogP contribution in [0.1, 0.15) is 24.9 Å². The molecule has 0 fully saturated rings. The van der Waals surface area contributed by atoms with Crippen LogP contribution in [-0.4, -0.2) is 28.2 Å². The number of nitrogens with two attached hydrogens (primary N) is 1. The monoisotopic (exact) mass is 268 g/mol. The summed E-state index contributed by atoms with van der Waals surface area (Å²) in [5.41, 5.74) is 6.66. The number of benzene rings is 1. The minimum atomic E-state index is -0.830. The molecule has 3 N–H and O–H groups in total. The van der Waals surface area contributed by atoms with E-state index >= 15 is 0 Å². The quantitative estimate of drug-likeness (QED) is 0.807. The topological polar surface area (TPSA) is 72.2 Å². The molecule has 0 aliphatic heterocycles. The molecule has 0 aliphatic carbocycles. The summed E-state index contributed by atoms with van der Waals surface area (Å²) in [6.07, 6.45) is 2.35. The molecule has 1 aromatic carbocycles. The Kier molecular flexibility index (Phi) is 6.01. The van der Waals surface area contributed by atoms with Gasteiger partial charge < -0.3 is 11.1 Å². The van der Waals surface area contributed by atoms with Crippen molar-refractivity contribution in [3.8, 4) is 0 Å². The fourth-order valence-electron chi connectivity index (χ4n) is 1.56. The summed E-state index contributed by atoms with van der Waals surface area (Å²) < 4.78 is 11.0. The zero-order chi connectivity index (χ0) is 13.5. The molecule has 0 radical (unpaired) electrons. The zero-order valence-electron chi connectivity index (χ0n) is 10.8. The van der Waals surface area contributed by atoms with Crippen LogP contribution >= 0.6 is 0 Å². The second-order valence-electron chi connectivity index (χ2n) is 4.36. The molecule has 1 aromatic rings. The molecule has 0 saturated carbocycles. The highest BCUT2D eigenvalue weighted by Crippen LogP contribution is 2.09. The van der Waals surface area contributed by atoms with Gasteiger partial charge in [0.25, 0.3) is 0 Å². The highest BCUT2D eigenvalue weighted by Gasteiger charge is 2.17. The molecule has 0 aliphatic rings. The summed E-state index contributed by atoms with van der Waals surface area (Å²) in [5, 5.41) is 2.84. The molecular weight excluding hydrogens is 248 g/mol. The Hall–Kier alpha value is -1.20. The van der Waals surface area contributed by atoms with Crippen LogP contribution in [0.3, 0.4) is 0 Å². The number of amides is 1. The van der Waals surface area contributed by atoms with Gasteiger partial charge in [-0.15, -0.1) is 0 Å². The fraction of sp³-hybridized carbons (Fsp3) is 0.462. The number of nitrogens with one attached hydrogen (secondary N) is 1. The van der Waals surface area contributed by atoms with Crippen molar-refractivity contribution in [1.29, 1.82) is 0 Å². The maximum atomic E-state index is 11.9. The molecule has 0 aromatic heterocycles. The average molecular weight is 268 g/mol. The molecule has 0 bridgehead atoms. The Morgan fingerprint density at radius 3 is 2.56 bits per heavy atom. The summed E-state index contributed by atoms with van der Waals surface area (Å²) in [4.78, 5) is 11.9. The zero-order valence-corrected chi connectivity index (χ0v) is 11.6. The first-order chi connectivity index (χ1) is 8.50. The van der Waals surface area contributed by atoms with E-state index < -0.39 is 16.8 Å². The van der Waals surface area contributed by atoms with E-state index in [4.69, 9.17) is 5.73 Å². The first-order valence-corrected chi connectivity index (χ1v) is 7.64. The van der Waals surface area contributed by atoms with E-state index in [1.54, 1.807) is 6.26 Å². The van der Waals surface area contributed by atoms with Crippen molar-refractivity contribution >= 4 is 16.7 Å². The second-order valence-corrected chi connectivity index (χ2v) is 5.92. The van der Waals surface area contributed by atoms with Crippen LogP contribution in [0.4, 0.5) is 0 Å². The third-order valence-corrected chi connectivity index (χ3v) is 3.48. The van der Waals surface area contributed by atoms with Crippen molar-refractivity contribution in [2.24, 2.45) is 5.73 Å². The summed E-state index contributed by atoms with van der Waals surface area (Å²) in [6.45, 7) is 1.89. The lowest BCUT2D eigenvalue weighted by Crippen LogP contribution is -2.39. The van der Waals surface area contributed by atoms with Gasteiger partial charge in [-0.3, -0.25) is 9.00 Å². The molecule has 0 spiro atoms. The van der Waals surface area contributed by atoms with Crippen LogP contribution in [0.5, 0.6) is 0 Å². The first-order valence-electron chi connectivity index (χ1n) is 5.91. The molecule has 1 amide bonds. The van der Waals surface area contributed by atoms with Crippen LogP contribution in [0, 0.1) is 0 Å². The first kappa shape index (κ1) is 14.9. The molecule has 4 nitrogen and oxygen atoms in total. The predicted molar refractivity (Wildman–Crippen MR) is 74.5 cm³/mol. The van der Waals surface area contributed by atoms with Gasteiger partial charge in [0.15, 0.2) is 0 Å². The van der Waals surface area contributed by atoms with E-state index in [-0.39, 0.29) is 11.9 Å². The molecule has 3 unspecified atom stereocenters. The van der Waals surface area contributed by atoms with Crippen LogP contribution < -0.4 is 11.1 Å². The fourth-order valence-corrected chi connectivity index (χ4v) is 2.24. The molecular formula is C13H20N2O2S. The molecule has 18 heavy (non-hydrogen) atoms. The minimum Gasteiger partial charge on any atom is -0.352 e. The average Bonchev–Trinajstić information content (AvgIpc) is 2.36. The molecule has 5 heteroatoms. The van der Waals surface area contributed by atoms with E-state index in [0.29, 0.717) is 12.2 Å². The van der Waals surface area contributed by atoms with Crippen molar-refractivity contribution < 1.29 is 9.00 Å². The highest BCUT2D eigenvalue weighted by molar-refractivity contribution is 7.84. The number of hydrogen-bond acceptors (Lipinski definition) is 3. The maximum absolute atomic E-state index is 11.9. The van der Waals surface area contributed by atoms with Crippen LogP contribution in [0.15, 0.2) is 30.3 Å². The Bertz CT molecular complexity index is 409. The lowest BCUT2D eigenvalue weighted by molar-refractivity contribution is -0.123. The van der Waals surface area contributed by atoms with E-state index in [2.05, 4.69) is 5.32 Å². The SMILES string of the molecule is CC(CCS(C)=O)NC(=O)C(N)c1ccccc1. The van der Waals surface area contributed by atoms with Crippen LogP contribution in [0.2, 0.25) is 0 Å². The van der Waals surface area contributed by atoms with E-state index in [0.717, 1.165) is 5.56 Å². The van der Waals surface area contributed by atoms with Crippen molar-refractivity contribution in [3.05, 3.63) is 35.9 Å². The number of rotatable bonds is 6. The standard InChI is InChI=1S/C13H20N2O2S/c1-10(8-9-18(2)17)15-13(16)12(14)11-6-4-3-5-7-11/h3-7,10,12H,8-9,14H2,1-2H3,(H,15,16). The van der Waals surface area contributed by atoms with Crippen LogP contribution in [-0.2, 0) is 15.6 Å². The van der Waals surface area contributed by atoms with Gasteiger partial charge in [0, 0.05) is 28.9 Å². The van der Waals surface area contributed by atoms with Gasteiger partial charge in [0.05, 0.1) is 0 Å². The van der Waals surface area contributed by atoms with E-state index in [1.165, 1.54) is 0 Å². The Morgan fingerprint density at radius 2 is 2.00 bits per heavy atom. The molecule has 0 heterocycles. The number of carbonyl (C=O) groups excluding carboxylic acids is 1. The summed E-state index contributed by atoms with van der Waals surface area (Å²) in [6, 6.07) is 8.58. The summed E-state index contributed by atoms with van der Waals surface area (Å²) >= 11 is 0. The Labute approximate surface area is 110 Å². The molecule has 100 valence electrons. The van der Waals surface area contributed by atoms with E-state index in [9.17, 15) is 9.00 Å². The summed E-state index contributed by atoms with van der Waals surface area (Å²) in [5.74, 6) is 0.387. The Morgan fingerprint density at radius 1 is 1.39 bits per heavy atom. The lowest BCUT2D eigenvalue weighted by Gasteiger charge is -2.17. The van der Waals surface area contributed by atoms with Crippen molar-refractivity contribution in [3.63, 3.8) is 0 Å². The van der Waals surface area contributed by atoms with Gasteiger partial charge in [-0.05, 0) is 18.9 Å².